The first-order valence-corrected chi connectivity index (χ1v) is 7.73. The number of amides is 1. The van der Waals surface area contributed by atoms with Crippen molar-refractivity contribution >= 4 is 17.1 Å². The number of nitrogens with zero attached hydrogens (tertiary/aromatic N) is 1. The molecular formula is C13H24N2O2S. The topological polar surface area (TPSA) is 49.4 Å². The van der Waals surface area contributed by atoms with Crippen LogP contribution in [0.25, 0.3) is 0 Å². The molecule has 0 aromatic rings. The van der Waals surface area contributed by atoms with Gasteiger partial charge in [0.25, 0.3) is 0 Å². The SMILES string of the molecule is CCCCC/C=C\C1C[C@@H]1C(=O)NS(=O)N(C)C. The fraction of sp³-hybridized carbons (Fsp3) is 0.769. The molecule has 0 bridgehead atoms. The van der Waals surface area contributed by atoms with Crippen LogP contribution in [-0.2, 0) is 16.0 Å². The molecule has 1 N–H and O–H groups in total. The van der Waals surface area contributed by atoms with Gasteiger partial charge in [0, 0.05) is 20.0 Å². The molecule has 0 aliphatic heterocycles. The van der Waals surface area contributed by atoms with Crippen molar-refractivity contribution in [2.75, 3.05) is 14.1 Å². The van der Waals surface area contributed by atoms with E-state index < -0.39 is 11.2 Å². The van der Waals surface area contributed by atoms with Gasteiger partial charge in [-0.25, -0.2) is 8.51 Å². The molecule has 2 unspecified atom stereocenters. The second-order valence-electron chi connectivity index (χ2n) is 4.96. The smallest absolute Gasteiger partial charge is 0.236 e. The molecule has 0 heterocycles. The molecule has 1 fully saturated rings. The fourth-order valence-corrected chi connectivity index (χ4v) is 2.27. The van der Waals surface area contributed by atoms with E-state index in [0.29, 0.717) is 5.92 Å². The predicted octanol–water partition coefficient (Wildman–Crippen LogP) is 2.02. The molecule has 0 aromatic carbocycles. The van der Waals surface area contributed by atoms with Crippen LogP contribution in [0.1, 0.15) is 39.0 Å². The number of hydrogen-bond acceptors (Lipinski definition) is 2. The molecule has 1 saturated carbocycles. The van der Waals surface area contributed by atoms with Crippen molar-refractivity contribution in [1.82, 2.24) is 9.03 Å². The minimum absolute atomic E-state index is 0.0244. The number of rotatable bonds is 8. The Hall–Kier alpha value is -0.680. The largest absolute Gasteiger partial charge is 0.274 e. The minimum Gasteiger partial charge on any atom is -0.274 e. The summed E-state index contributed by atoms with van der Waals surface area (Å²) < 4.78 is 15.4. The summed E-state index contributed by atoms with van der Waals surface area (Å²) in [6.45, 7) is 2.19. The molecule has 1 amide bonds. The van der Waals surface area contributed by atoms with Crippen molar-refractivity contribution in [2.45, 2.75) is 39.0 Å². The highest BCUT2D eigenvalue weighted by atomic mass is 32.2. The van der Waals surface area contributed by atoms with Gasteiger partial charge in [-0.05, 0) is 25.2 Å². The van der Waals surface area contributed by atoms with E-state index in [9.17, 15) is 9.00 Å². The van der Waals surface area contributed by atoms with Gasteiger partial charge in [-0.3, -0.25) is 9.52 Å². The number of nitrogens with one attached hydrogen (secondary N) is 1. The number of allylic oxidation sites excluding steroid dienone is 2. The van der Waals surface area contributed by atoms with E-state index in [0.717, 1.165) is 12.8 Å². The normalized spacial score (nSPS) is 24.4. The summed E-state index contributed by atoms with van der Waals surface area (Å²) in [6.07, 6.45) is 10.0. The zero-order chi connectivity index (χ0) is 13.5. The van der Waals surface area contributed by atoms with Gasteiger partial charge in [0.15, 0.2) is 11.2 Å². The van der Waals surface area contributed by atoms with E-state index in [1.54, 1.807) is 14.1 Å². The van der Waals surface area contributed by atoms with Crippen molar-refractivity contribution in [3.8, 4) is 0 Å². The van der Waals surface area contributed by atoms with E-state index in [2.05, 4.69) is 23.8 Å². The second kappa shape index (κ2) is 7.69. The Morgan fingerprint density at radius 1 is 1.44 bits per heavy atom. The molecule has 104 valence electrons. The summed E-state index contributed by atoms with van der Waals surface area (Å²) in [5, 5.41) is 0. The van der Waals surface area contributed by atoms with Crippen molar-refractivity contribution < 1.29 is 9.00 Å². The zero-order valence-electron chi connectivity index (χ0n) is 11.5. The van der Waals surface area contributed by atoms with E-state index >= 15 is 0 Å². The first kappa shape index (κ1) is 15.4. The third kappa shape index (κ3) is 5.31. The quantitative estimate of drug-likeness (QED) is 0.543. The van der Waals surface area contributed by atoms with Crippen molar-refractivity contribution in [3.05, 3.63) is 12.2 Å². The monoisotopic (exact) mass is 272 g/mol. The summed E-state index contributed by atoms with van der Waals surface area (Å²) in [5.41, 5.74) is 0. The molecule has 1 aliphatic carbocycles. The lowest BCUT2D eigenvalue weighted by atomic mass is 10.2. The van der Waals surface area contributed by atoms with Gasteiger partial charge in [0.2, 0.25) is 5.91 Å². The van der Waals surface area contributed by atoms with Crippen LogP contribution in [0, 0.1) is 11.8 Å². The molecule has 18 heavy (non-hydrogen) atoms. The second-order valence-corrected chi connectivity index (χ2v) is 6.39. The lowest BCUT2D eigenvalue weighted by molar-refractivity contribution is -0.120. The zero-order valence-corrected chi connectivity index (χ0v) is 12.3. The maximum absolute atomic E-state index is 11.7. The van der Waals surface area contributed by atoms with Gasteiger partial charge in [0.05, 0.1) is 0 Å². The maximum atomic E-state index is 11.7. The summed E-state index contributed by atoms with van der Waals surface area (Å²) in [4.78, 5) is 11.7. The number of unbranched alkanes of at least 4 members (excludes halogenated alkanes) is 3. The Morgan fingerprint density at radius 3 is 2.78 bits per heavy atom. The first-order valence-electron chi connectivity index (χ1n) is 6.62. The Balaban J connectivity index is 2.19. The third-order valence-corrected chi connectivity index (χ3v) is 4.09. The van der Waals surface area contributed by atoms with Crippen molar-refractivity contribution in [2.24, 2.45) is 11.8 Å². The molecule has 0 spiro atoms. The highest BCUT2D eigenvalue weighted by Crippen LogP contribution is 2.39. The van der Waals surface area contributed by atoms with Crippen molar-refractivity contribution in [1.29, 1.82) is 0 Å². The lowest BCUT2D eigenvalue weighted by Gasteiger charge is -2.09. The van der Waals surface area contributed by atoms with Crippen LogP contribution in [0.5, 0.6) is 0 Å². The van der Waals surface area contributed by atoms with Gasteiger partial charge >= 0.3 is 0 Å². The molecule has 5 heteroatoms. The van der Waals surface area contributed by atoms with Crippen molar-refractivity contribution in [3.63, 3.8) is 0 Å². The minimum atomic E-state index is -1.40. The molecule has 4 nitrogen and oxygen atoms in total. The van der Waals surface area contributed by atoms with Crippen LogP contribution >= 0.6 is 0 Å². The van der Waals surface area contributed by atoms with Crippen LogP contribution in [0.3, 0.4) is 0 Å². The summed E-state index contributed by atoms with van der Waals surface area (Å²) >= 11 is -1.40. The van der Waals surface area contributed by atoms with Gasteiger partial charge in [-0.2, -0.15) is 0 Å². The average molecular weight is 272 g/mol. The van der Waals surface area contributed by atoms with Crippen LogP contribution in [-0.4, -0.2) is 28.5 Å². The Morgan fingerprint density at radius 2 is 2.17 bits per heavy atom. The van der Waals surface area contributed by atoms with E-state index in [1.165, 1.54) is 23.6 Å². The van der Waals surface area contributed by atoms with E-state index in [-0.39, 0.29) is 11.8 Å². The van der Waals surface area contributed by atoms with Gasteiger partial charge in [0.1, 0.15) is 0 Å². The van der Waals surface area contributed by atoms with Crippen LogP contribution in [0.15, 0.2) is 12.2 Å². The molecule has 0 saturated heterocycles. The molecular weight excluding hydrogens is 248 g/mol. The Kier molecular flexibility index (Phi) is 6.57. The average Bonchev–Trinajstić information content (AvgIpc) is 3.08. The first-order chi connectivity index (χ1) is 8.56. The van der Waals surface area contributed by atoms with E-state index in [1.807, 2.05) is 0 Å². The van der Waals surface area contributed by atoms with Gasteiger partial charge in [-0.1, -0.05) is 31.9 Å². The predicted molar refractivity (Wildman–Crippen MR) is 74.9 cm³/mol. The summed E-state index contributed by atoms with van der Waals surface area (Å²) in [6, 6.07) is 0. The Labute approximate surface area is 113 Å². The molecule has 3 atom stereocenters. The van der Waals surface area contributed by atoms with Crippen LogP contribution < -0.4 is 4.72 Å². The lowest BCUT2D eigenvalue weighted by Crippen LogP contribution is -2.35. The third-order valence-electron chi connectivity index (χ3n) is 3.05. The molecule has 0 radical (unpaired) electrons. The number of hydrogen-bond donors (Lipinski definition) is 1. The van der Waals surface area contributed by atoms with Gasteiger partial charge < -0.3 is 0 Å². The molecule has 1 rings (SSSR count). The number of carbonyl (C=O) groups excluding carboxylic acids is 1. The molecule has 0 aromatic heterocycles. The fourth-order valence-electron chi connectivity index (χ4n) is 1.77. The van der Waals surface area contributed by atoms with E-state index in [4.69, 9.17) is 0 Å². The summed E-state index contributed by atoms with van der Waals surface area (Å²) in [5.74, 6) is 0.285. The number of carbonyl (C=O) groups is 1. The highest BCUT2D eigenvalue weighted by molar-refractivity contribution is 7.81. The molecule has 1 aliphatic rings. The highest BCUT2D eigenvalue weighted by Gasteiger charge is 2.41. The maximum Gasteiger partial charge on any atom is 0.236 e. The Bertz CT molecular complexity index is 329. The standard InChI is InChI=1S/C13H24N2O2S/c1-4-5-6-7-8-9-11-10-12(11)13(16)14-18(17)15(2)3/h8-9,11-12H,4-7,10H2,1-3H3,(H,14,16)/b9-8-/t11?,12-,18?/m0/s1. The summed E-state index contributed by atoms with van der Waals surface area (Å²) in [7, 11) is 3.35. The van der Waals surface area contributed by atoms with Crippen LogP contribution in [0.2, 0.25) is 0 Å². The van der Waals surface area contributed by atoms with Crippen LogP contribution in [0.4, 0.5) is 0 Å². The van der Waals surface area contributed by atoms with Gasteiger partial charge in [-0.15, -0.1) is 0 Å².